The van der Waals surface area contributed by atoms with Crippen molar-refractivity contribution in [1.29, 1.82) is 0 Å². The minimum absolute atomic E-state index is 0.356. The van der Waals surface area contributed by atoms with Crippen LogP contribution < -0.4 is 10.5 Å². The molecule has 11 heteroatoms. The Hall–Kier alpha value is -2.69. The van der Waals surface area contributed by atoms with E-state index in [1.165, 1.54) is 12.4 Å². The van der Waals surface area contributed by atoms with E-state index in [4.69, 9.17) is 38.4 Å². The Morgan fingerprint density at radius 3 is 2.57 bits per heavy atom. The lowest BCUT2D eigenvalue weighted by molar-refractivity contribution is -0.0734. The third-order valence-electron chi connectivity index (χ3n) is 6.86. The van der Waals surface area contributed by atoms with Gasteiger partial charge in [-0.2, -0.15) is 10.2 Å². The first kappa shape index (κ1) is 22.8. The van der Waals surface area contributed by atoms with Crippen LogP contribution in [0.5, 0.6) is 5.75 Å². The average molecular weight is 514 g/mol. The van der Waals surface area contributed by atoms with Crippen LogP contribution in [0.4, 0.5) is 0 Å². The Labute approximate surface area is 212 Å². The Bertz CT molecular complexity index is 1320. The number of halogens is 2. The number of pyridine rings is 1. The Morgan fingerprint density at radius 2 is 1.86 bits per heavy atom. The van der Waals surface area contributed by atoms with E-state index in [1.54, 1.807) is 0 Å². The molecule has 0 saturated carbocycles. The lowest BCUT2D eigenvalue weighted by Crippen LogP contribution is -2.51. The molecule has 2 aliphatic rings. The van der Waals surface area contributed by atoms with E-state index in [-0.39, 0.29) is 0 Å². The van der Waals surface area contributed by atoms with Crippen LogP contribution in [0.15, 0.2) is 43.0 Å². The summed E-state index contributed by atoms with van der Waals surface area (Å²) in [4.78, 5) is 6.50. The molecule has 5 heterocycles. The molecule has 4 aromatic rings. The van der Waals surface area contributed by atoms with Gasteiger partial charge in [-0.05, 0) is 31.0 Å². The summed E-state index contributed by atoms with van der Waals surface area (Å²) < 4.78 is 13.4. The zero-order valence-electron chi connectivity index (χ0n) is 18.9. The van der Waals surface area contributed by atoms with Gasteiger partial charge in [0.05, 0.1) is 47.1 Å². The summed E-state index contributed by atoms with van der Waals surface area (Å²) >= 11 is 12.5. The monoisotopic (exact) mass is 513 g/mol. The molecule has 9 nitrogen and oxygen atoms in total. The third-order valence-corrected chi connectivity index (χ3v) is 7.46. The first-order chi connectivity index (χ1) is 17.1. The van der Waals surface area contributed by atoms with Crippen molar-refractivity contribution in [2.45, 2.75) is 31.2 Å². The van der Waals surface area contributed by atoms with Gasteiger partial charge < -0.3 is 9.47 Å². The van der Waals surface area contributed by atoms with Gasteiger partial charge in [-0.1, -0.05) is 23.2 Å². The maximum Gasteiger partial charge on any atom is 0.177 e. The third kappa shape index (κ3) is 4.39. The van der Waals surface area contributed by atoms with Gasteiger partial charge in [0.1, 0.15) is 11.4 Å². The van der Waals surface area contributed by atoms with Gasteiger partial charge in [0.15, 0.2) is 6.23 Å². The molecule has 6 rings (SSSR count). The average Bonchev–Trinajstić information content (AvgIpc) is 3.45. The van der Waals surface area contributed by atoms with E-state index < -0.39 is 6.23 Å². The fraction of sp³-hybridized carbons (Fsp3) is 0.375. The number of hydrogen-bond acceptors (Lipinski definition) is 7. The van der Waals surface area contributed by atoms with Gasteiger partial charge in [-0.25, -0.2) is 0 Å². The molecule has 2 fully saturated rings. The number of H-pyrrole nitrogens is 1. The molecular formula is C24H25Cl2N7O2. The molecule has 0 amide bonds. The van der Waals surface area contributed by atoms with Crippen molar-refractivity contribution in [3.8, 4) is 17.0 Å². The number of hydrogen-bond donors (Lipinski definition) is 2. The first-order valence-corrected chi connectivity index (χ1v) is 12.4. The second-order valence-corrected chi connectivity index (χ2v) is 9.82. The number of aromatic nitrogens is 5. The van der Waals surface area contributed by atoms with Gasteiger partial charge in [0, 0.05) is 48.2 Å². The number of likely N-dealkylation sites (tertiary alicyclic amines) is 1. The van der Waals surface area contributed by atoms with E-state index in [0.29, 0.717) is 33.4 Å². The smallest absolute Gasteiger partial charge is 0.177 e. The minimum atomic E-state index is -0.842. The normalized spacial score (nSPS) is 18.6. The summed E-state index contributed by atoms with van der Waals surface area (Å²) in [5, 5.41) is 13.9. The summed E-state index contributed by atoms with van der Waals surface area (Å²) in [6.45, 7) is 3.88. The molecule has 182 valence electrons. The van der Waals surface area contributed by atoms with Crippen molar-refractivity contribution >= 4 is 34.1 Å². The number of piperidine rings is 1. The SMILES string of the molecule is N[C@@H](Oc1ccc2[nH]nc(-c3cnn(C4CCN(C5COC5)CC4)c3)c2c1)c1c(Cl)cncc1Cl. The number of nitrogens with two attached hydrogens (primary N) is 1. The number of nitrogens with one attached hydrogen (secondary N) is 1. The molecule has 0 bridgehead atoms. The maximum absolute atomic E-state index is 6.26. The van der Waals surface area contributed by atoms with Crippen molar-refractivity contribution in [2.75, 3.05) is 26.3 Å². The second kappa shape index (κ2) is 9.40. The van der Waals surface area contributed by atoms with Crippen LogP contribution in [0.3, 0.4) is 0 Å². The van der Waals surface area contributed by atoms with Crippen LogP contribution in [0.2, 0.25) is 10.0 Å². The minimum Gasteiger partial charge on any atom is -0.471 e. The molecule has 1 aromatic carbocycles. The van der Waals surface area contributed by atoms with E-state index in [2.05, 4.69) is 36.1 Å². The van der Waals surface area contributed by atoms with E-state index >= 15 is 0 Å². The molecule has 2 saturated heterocycles. The summed E-state index contributed by atoms with van der Waals surface area (Å²) in [5.41, 5.74) is 9.41. The van der Waals surface area contributed by atoms with Gasteiger partial charge >= 0.3 is 0 Å². The van der Waals surface area contributed by atoms with Crippen molar-refractivity contribution in [3.05, 3.63) is 58.6 Å². The van der Waals surface area contributed by atoms with Crippen LogP contribution in [0, 0.1) is 0 Å². The fourth-order valence-corrected chi connectivity index (χ4v) is 5.37. The number of rotatable bonds is 6. The summed E-state index contributed by atoms with van der Waals surface area (Å²) in [5.74, 6) is 0.580. The summed E-state index contributed by atoms with van der Waals surface area (Å²) in [6.07, 6.45) is 8.25. The Balaban J connectivity index is 1.20. The van der Waals surface area contributed by atoms with Crippen molar-refractivity contribution in [1.82, 2.24) is 29.9 Å². The van der Waals surface area contributed by atoms with Crippen LogP contribution in [0.1, 0.15) is 30.7 Å². The largest absolute Gasteiger partial charge is 0.471 e. The van der Waals surface area contributed by atoms with Gasteiger partial charge in [0.2, 0.25) is 0 Å². The zero-order chi connectivity index (χ0) is 23.9. The van der Waals surface area contributed by atoms with Crippen LogP contribution in [0.25, 0.3) is 22.2 Å². The number of ether oxygens (including phenoxy) is 2. The van der Waals surface area contributed by atoms with E-state index in [0.717, 1.165) is 61.3 Å². The Kier molecular flexibility index (Phi) is 6.11. The highest BCUT2D eigenvalue weighted by Crippen LogP contribution is 2.34. The highest BCUT2D eigenvalue weighted by Gasteiger charge is 2.30. The molecule has 2 aliphatic heterocycles. The molecule has 0 unspecified atom stereocenters. The standard InChI is InChI=1S/C24H25Cl2N7O2/c25-19-9-28-10-20(26)22(19)24(27)35-17-1-2-21-18(7-17)23(31-30-21)14-8-29-33(11-14)15-3-5-32(6-4-15)16-12-34-13-16/h1-2,7-11,15-16,24H,3-6,12-13,27H2,(H,30,31)/t24-/m0/s1. The number of aromatic amines is 1. The molecule has 3 aromatic heterocycles. The summed E-state index contributed by atoms with van der Waals surface area (Å²) in [6, 6.07) is 6.63. The number of benzene rings is 1. The topological polar surface area (TPSA) is 107 Å². The van der Waals surface area contributed by atoms with Gasteiger partial charge in [-0.3, -0.25) is 25.4 Å². The molecule has 3 N–H and O–H groups in total. The molecule has 1 atom stereocenters. The van der Waals surface area contributed by atoms with Crippen molar-refractivity contribution < 1.29 is 9.47 Å². The summed E-state index contributed by atoms with van der Waals surface area (Å²) in [7, 11) is 0. The quantitative estimate of drug-likeness (QED) is 0.372. The number of fused-ring (bicyclic) bond motifs is 1. The van der Waals surface area contributed by atoms with Crippen LogP contribution >= 0.6 is 23.2 Å². The highest BCUT2D eigenvalue weighted by atomic mass is 35.5. The maximum atomic E-state index is 6.26. The second-order valence-electron chi connectivity index (χ2n) is 9.00. The lowest BCUT2D eigenvalue weighted by atomic mass is 10.0. The van der Waals surface area contributed by atoms with Crippen molar-refractivity contribution in [2.24, 2.45) is 5.73 Å². The van der Waals surface area contributed by atoms with Gasteiger partial charge in [-0.15, -0.1) is 0 Å². The van der Waals surface area contributed by atoms with Crippen molar-refractivity contribution in [3.63, 3.8) is 0 Å². The molecule has 0 aliphatic carbocycles. The molecular weight excluding hydrogens is 489 g/mol. The first-order valence-electron chi connectivity index (χ1n) is 11.6. The van der Waals surface area contributed by atoms with Crippen LogP contribution in [-0.2, 0) is 4.74 Å². The van der Waals surface area contributed by atoms with E-state index in [1.807, 2.05) is 24.4 Å². The Morgan fingerprint density at radius 1 is 1.09 bits per heavy atom. The lowest BCUT2D eigenvalue weighted by Gasteiger charge is -2.41. The molecule has 0 radical (unpaired) electrons. The number of nitrogens with zero attached hydrogens (tertiary/aromatic N) is 5. The van der Waals surface area contributed by atoms with Gasteiger partial charge in [0.25, 0.3) is 0 Å². The predicted molar refractivity (Wildman–Crippen MR) is 134 cm³/mol. The zero-order valence-corrected chi connectivity index (χ0v) is 20.4. The van der Waals surface area contributed by atoms with Crippen LogP contribution in [-0.4, -0.2) is 62.2 Å². The molecule has 0 spiro atoms. The predicted octanol–water partition coefficient (Wildman–Crippen LogP) is 4.20. The fourth-order valence-electron chi connectivity index (χ4n) is 4.79. The highest BCUT2D eigenvalue weighted by molar-refractivity contribution is 6.35. The molecule has 35 heavy (non-hydrogen) atoms. The van der Waals surface area contributed by atoms with E-state index in [9.17, 15) is 0 Å².